The van der Waals surface area contributed by atoms with E-state index in [1.807, 2.05) is 27.8 Å². The number of imide groups is 1. The Balaban J connectivity index is 1.92. The molecule has 31 heavy (non-hydrogen) atoms. The molecule has 0 saturated carbocycles. The number of carbonyl (C=O) groups excluding carboxylic acids is 4. The summed E-state index contributed by atoms with van der Waals surface area (Å²) in [5.41, 5.74) is 1.53. The molecule has 0 spiro atoms. The highest BCUT2D eigenvalue weighted by molar-refractivity contribution is 6.21. The van der Waals surface area contributed by atoms with Crippen LogP contribution in [0.3, 0.4) is 0 Å². The smallest absolute Gasteiger partial charge is 0.261 e. The maximum Gasteiger partial charge on any atom is 0.261 e. The zero-order chi connectivity index (χ0) is 22.9. The van der Waals surface area contributed by atoms with Crippen LogP contribution >= 0.6 is 0 Å². The van der Waals surface area contributed by atoms with Crippen LogP contribution < -0.4 is 5.48 Å². The van der Waals surface area contributed by atoms with Crippen molar-refractivity contribution in [2.75, 3.05) is 39.8 Å². The predicted octanol–water partition coefficient (Wildman–Crippen LogP) is 0.841. The van der Waals surface area contributed by atoms with Crippen molar-refractivity contribution in [1.82, 2.24) is 20.2 Å². The van der Waals surface area contributed by atoms with Crippen LogP contribution in [-0.4, -0.2) is 83.3 Å². The molecule has 0 aromatic heterocycles. The molecule has 1 saturated heterocycles. The van der Waals surface area contributed by atoms with Crippen LogP contribution in [0.15, 0.2) is 24.3 Å². The van der Waals surface area contributed by atoms with Crippen LogP contribution in [0.5, 0.6) is 0 Å². The molecule has 0 radical (unpaired) electrons. The van der Waals surface area contributed by atoms with Gasteiger partial charge in [-0.1, -0.05) is 32.9 Å². The molecule has 2 atom stereocenters. The molecule has 1 aromatic rings. The molecule has 0 aliphatic carbocycles. The van der Waals surface area contributed by atoms with E-state index in [-0.39, 0.29) is 23.6 Å². The van der Waals surface area contributed by atoms with Gasteiger partial charge in [-0.2, -0.15) is 0 Å². The van der Waals surface area contributed by atoms with Gasteiger partial charge in [0.2, 0.25) is 11.8 Å². The molecule has 9 nitrogen and oxygen atoms in total. The van der Waals surface area contributed by atoms with Crippen molar-refractivity contribution in [3.63, 3.8) is 0 Å². The topological polar surface area (TPSA) is 110 Å². The number of carbonyl (C=O) groups is 4. The summed E-state index contributed by atoms with van der Waals surface area (Å²) in [5.74, 6) is -3.96. The van der Waals surface area contributed by atoms with E-state index in [1.165, 1.54) is 0 Å². The minimum absolute atomic E-state index is 0.217. The third-order valence-electron chi connectivity index (χ3n) is 6.12. The zero-order valence-electron chi connectivity index (χ0n) is 18.4. The van der Waals surface area contributed by atoms with Crippen molar-refractivity contribution in [1.29, 1.82) is 0 Å². The molecule has 3 rings (SSSR count). The average molecular weight is 431 g/mol. The molecule has 1 aromatic carbocycles. The summed E-state index contributed by atoms with van der Waals surface area (Å²) >= 11 is 0. The number of hydrogen-bond acceptors (Lipinski definition) is 6. The van der Waals surface area contributed by atoms with Crippen LogP contribution in [0.25, 0.3) is 0 Å². The fourth-order valence-electron chi connectivity index (χ4n) is 4.39. The standard InChI is InChI=1S/C22H30N4O5/c1-22(2,3)17(21(30)25-11-9-24(4)10-12-25)16(18(27)23-31)13-26-19(28)14-7-5-6-8-15(14)20(26)29/h5-8,16-17,31H,9-13H2,1-4H3,(H,23,27). The third-order valence-corrected chi connectivity index (χ3v) is 6.12. The van der Waals surface area contributed by atoms with Crippen molar-refractivity contribution in [2.24, 2.45) is 17.3 Å². The number of hydrogen-bond donors (Lipinski definition) is 2. The summed E-state index contributed by atoms with van der Waals surface area (Å²) < 4.78 is 0. The summed E-state index contributed by atoms with van der Waals surface area (Å²) in [6.45, 7) is 7.73. The molecular weight excluding hydrogens is 400 g/mol. The maximum absolute atomic E-state index is 13.5. The van der Waals surface area contributed by atoms with Crippen LogP contribution in [-0.2, 0) is 9.59 Å². The van der Waals surface area contributed by atoms with E-state index in [2.05, 4.69) is 4.90 Å². The molecule has 2 aliphatic heterocycles. The van der Waals surface area contributed by atoms with Crippen molar-refractivity contribution in [3.05, 3.63) is 35.4 Å². The second kappa shape index (κ2) is 8.76. The number of rotatable bonds is 5. The van der Waals surface area contributed by atoms with Crippen LogP contribution in [0.1, 0.15) is 41.5 Å². The highest BCUT2D eigenvalue weighted by Gasteiger charge is 2.47. The number of piperazine rings is 1. The Hall–Kier alpha value is -2.78. The lowest BCUT2D eigenvalue weighted by Gasteiger charge is -2.41. The fraction of sp³-hybridized carbons (Fsp3) is 0.545. The van der Waals surface area contributed by atoms with Gasteiger partial charge >= 0.3 is 0 Å². The molecule has 168 valence electrons. The molecule has 4 amide bonds. The average Bonchev–Trinajstić information content (AvgIpc) is 2.97. The lowest BCUT2D eigenvalue weighted by Crippen LogP contribution is -2.56. The molecule has 2 unspecified atom stereocenters. The van der Waals surface area contributed by atoms with Gasteiger partial charge in [0, 0.05) is 32.7 Å². The Labute approximate surface area is 181 Å². The lowest BCUT2D eigenvalue weighted by atomic mass is 9.71. The van der Waals surface area contributed by atoms with E-state index < -0.39 is 35.0 Å². The summed E-state index contributed by atoms with van der Waals surface area (Å²) in [7, 11) is 1.98. The van der Waals surface area contributed by atoms with Crippen LogP contribution in [0.4, 0.5) is 0 Å². The first-order valence-corrected chi connectivity index (χ1v) is 10.4. The van der Waals surface area contributed by atoms with Gasteiger partial charge in [0.15, 0.2) is 0 Å². The Morgan fingerprint density at radius 1 is 1.03 bits per heavy atom. The molecular formula is C22H30N4O5. The van der Waals surface area contributed by atoms with Gasteiger partial charge in [-0.15, -0.1) is 0 Å². The normalized spacial score (nSPS) is 19.3. The van der Waals surface area contributed by atoms with E-state index in [0.29, 0.717) is 13.1 Å². The number of hydroxylamine groups is 1. The van der Waals surface area contributed by atoms with Gasteiger partial charge < -0.3 is 9.80 Å². The number of benzene rings is 1. The first-order valence-electron chi connectivity index (χ1n) is 10.4. The van der Waals surface area contributed by atoms with Gasteiger partial charge in [0.25, 0.3) is 11.8 Å². The maximum atomic E-state index is 13.5. The van der Waals surface area contributed by atoms with E-state index in [4.69, 9.17) is 0 Å². The van der Waals surface area contributed by atoms with Crippen LogP contribution in [0, 0.1) is 17.3 Å². The minimum atomic E-state index is -1.10. The molecule has 0 bridgehead atoms. The van der Waals surface area contributed by atoms with E-state index >= 15 is 0 Å². The Kier molecular flexibility index (Phi) is 6.47. The minimum Gasteiger partial charge on any atom is -0.340 e. The van der Waals surface area contributed by atoms with Crippen molar-refractivity contribution < 1.29 is 24.4 Å². The monoisotopic (exact) mass is 430 g/mol. The van der Waals surface area contributed by atoms with E-state index in [1.54, 1.807) is 34.6 Å². The SMILES string of the molecule is CN1CCN(C(=O)C(C(CN2C(=O)c3ccccc3C2=O)C(=O)NO)C(C)(C)C)CC1. The number of likely N-dealkylation sites (N-methyl/N-ethyl adjacent to an activating group) is 1. The summed E-state index contributed by atoms with van der Waals surface area (Å²) in [6, 6.07) is 6.46. The summed E-state index contributed by atoms with van der Waals surface area (Å²) in [5, 5.41) is 9.41. The highest BCUT2D eigenvalue weighted by Crippen LogP contribution is 2.36. The second-order valence-electron chi connectivity index (χ2n) is 9.32. The van der Waals surface area contributed by atoms with Crippen LogP contribution in [0.2, 0.25) is 0 Å². The van der Waals surface area contributed by atoms with Gasteiger partial charge in [-0.25, -0.2) is 5.48 Å². The van der Waals surface area contributed by atoms with Gasteiger partial charge in [-0.05, 0) is 24.6 Å². The number of amides is 4. The second-order valence-corrected chi connectivity index (χ2v) is 9.32. The lowest BCUT2D eigenvalue weighted by molar-refractivity contribution is -0.151. The zero-order valence-corrected chi connectivity index (χ0v) is 18.4. The van der Waals surface area contributed by atoms with Gasteiger partial charge in [-0.3, -0.25) is 29.3 Å². The van der Waals surface area contributed by atoms with Crippen molar-refractivity contribution in [2.45, 2.75) is 20.8 Å². The van der Waals surface area contributed by atoms with Crippen molar-refractivity contribution >= 4 is 23.6 Å². The molecule has 2 aliphatic rings. The number of nitrogens with one attached hydrogen (secondary N) is 1. The Morgan fingerprint density at radius 3 is 2.00 bits per heavy atom. The highest BCUT2D eigenvalue weighted by atomic mass is 16.5. The predicted molar refractivity (Wildman–Crippen MR) is 112 cm³/mol. The number of nitrogens with zero attached hydrogens (tertiary/aromatic N) is 3. The molecule has 2 N–H and O–H groups in total. The first-order chi connectivity index (χ1) is 14.6. The van der Waals surface area contributed by atoms with E-state index in [0.717, 1.165) is 18.0 Å². The quantitative estimate of drug-likeness (QED) is 0.407. The van der Waals surface area contributed by atoms with Gasteiger partial charge in [0.05, 0.1) is 23.0 Å². The van der Waals surface area contributed by atoms with Crippen molar-refractivity contribution in [3.8, 4) is 0 Å². The molecule has 2 heterocycles. The Morgan fingerprint density at radius 2 is 1.55 bits per heavy atom. The first kappa shape index (κ1) is 22.9. The number of fused-ring (bicyclic) bond motifs is 1. The van der Waals surface area contributed by atoms with E-state index in [9.17, 15) is 24.4 Å². The van der Waals surface area contributed by atoms with Gasteiger partial charge in [0.1, 0.15) is 0 Å². The molecule has 1 fully saturated rings. The molecule has 9 heteroatoms. The summed E-state index contributed by atoms with van der Waals surface area (Å²) in [4.78, 5) is 56.8. The fourth-order valence-corrected chi connectivity index (χ4v) is 4.39. The Bertz CT molecular complexity index is 851. The largest absolute Gasteiger partial charge is 0.340 e. The summed E-state index contributed by atoms with van der Waals surface area (Å²) in [6.07, 6.45) is 0. The third kappa shape index (κ3) is 4.47.